The van der Waals surface area contributed by atoms with Crippen molar-refractivity contribution in [3.63, 3.8) is 0 Å². The maximum atomic E-state index is 2.45. The molecule has 0 heterocycles. The van der Waals surface area contributed by atoms with E-state index >= 15 is 0 Å². The van der Waals surface area contributed by atoms with Gasteiger partial charge in [-0.25, -0.2) is 0 Å². The second-order valence-electron chi connectivity index (χ2n) is 18.1. The van der Waals surface area contributed by atoms with Crippen molar-refractivity contribution in [1.29, 1.82) is 0 Å². The van der Waals surface area contributed by atoms with Gasteiger partial charge in [-0.15, -0.1) is 0 Å². The molecule has 0 aliphatic heterocycles. The molecule has 0 spiro atoms. The molecular formula is C59H45N. The normalized spacial score (nSPS) is 15.4. The van der Waals surface area contributed by atoms with E-state index < -0.39 is 5.41 Å². The van der Waals surface area contributed by atoms with Crippen molar-refractivity contribution in [2.45, 2.75) is 43.9 Å². The van der Waals surface area contributed by atoms with E-state index in [4.69, 9.17) is 0 Å². The van der Waals surface area contributed by atoms with Crippen LogP contribution in [-0.4, -0.2) is 0 Å². The van der Waals surface area contributed by atoms with E-state index in [1.165, 1.54) is 94.3 Å². The van der Waals surface area contributed by atoms with Gasteiger partial charge in [0, 0.05) is 27.6 Å². The third-order valence-corrected chi connectivity index (χ3v) is 14.3. The van der Waals surface area contributed by atoms with E-state index in [0.29, 0.717) is 0 Å². The Kier molecular flexibility index (Phi) is 7.31. The third-order valence-electron chi connectivity index (χ3n) is 14.3. The second-order valence-corrected chi connectivity index (χ2v) is 18.1. The van der Waals surface area contributed by atoms with Crippen molar-refractivity contribution in [3.05, 3.63) is 245 Å². The highest BCUT2D eigenvalue weighted by Crippen LogP contribution is 2.64. The second kappa shape index (κ2) is 12.5. The summed E-state index contributed by atoms with van der Waals surface area (Å²) >= 11 is 0. The van der Waals surface area contributed by atoms with Crippen LogP contribution in [0.15, 0.2) is 200 Å². The molecule has 0 saturated carbocycles. The lowest BCUT2D eigenvalue weighted by Crippen LogP contribution is -2.30. The summed E-state index contributed by atoms with van der Waals surface area (Å²) in [5, 5.41) is 2.46. The first-order valence-electron chi connectivity index (χ1n) is 21.3. The van der Waals surface area contributed by atoms with Crippen molar-refractivity contribution in [2.75, 3.05) is 4.90 Å². The summed E-state index contributed by atoms with van der Waals surface area (Å²) in [6.07, 6.45) is 0. The molecule has 0 radical (unpaired) electrons. The molecular weight excluding hydrogens is 723 g/mol. The minimum atomic E-state index is -0.434. The fourth-order valence-electron chi connectivity index (χ4n) is 11.5. The molecule has 1 nitrogen and oxygen atoms in total. The van der Waals surface area contributed by atoms with Crippen LogP contribution < -0.4 is 4.90 Å². The number of benzene rings is 9. The van der Waals surface area contributed by atoms with Gasteiger partial charge in [0.15, 0.2) is 0 Å². The zero-order valence-corrected chi connectivity index (χ0v) is 34.5. The minimum Gasteiger partial charge on any atom is -0.310 e. The minimum absolute atomic E-state index is 0.0377. The quantitative estimate of drug-likeness (QED) is 0.163. The lowest BCUT2D eigenvalue weighted by Gasteiger charge is -2.36. The molecule has 0 aromatic heterocycles. The van der Waals surface area contributed by atoms with E-state index in [2.05, 4.69) is 233 Å². The van der Waals surface area contributed by atoms with Crippen LogP contribution in [0.2, 0.25) is 0 Å². The van der Waals surface area contributed by atoms with Gasteiger partial charge in [-0.1, -0.05) is 191 Å². The molecule has 12 rings (SSSR count). The molecule has 60 heavy (non-hydrogen) atoms. The monoisotopic (exact) mass is 767 g/mol. The molecule has 0 N–H and O–H groups in total. The largest absolute Gasteiger partial charge is 0.310 e. The van der Waals surface area contributed by atoms with Crippen LogP contribution in [0.4, 0.5) is 17.1 Å². The van der Waals surface area contributed by atoms with Gasteiger partial charge >= 0.3 is 0 Å². The lowest BCUT2D eigenvalue weighted by molar-refractivity contribution is 0.652. The lowest BCUT2D eigenvalue weighted by atomic mass is 9.65. The topological polar surface area (TPSA) is 3.24 Å². The fraction of sp³-hybridized carbons (Fsp3) is 0.119. The molecule has 0 unspecified atom stereocenters. The Morgan fingerprint density at radius 1 is 0.350 bits per heavy atom. The highest BCUT2D eigenvalue weighted by Gasteiger charge is 2.52. The van der Waals surface area contributed by atoms with Gasteiger partial charge in [0.05, 0.1) is 11.1 Å². The molecule has 9 aromatic rings. The first kappa shape index (κ1) is 35.0. The Labute approximate surface area is 353 Å². The molecule has 0 amide bonds. The van der Waals surface area contributed by atoms with E-state index in [-0.39, 0.29) is 10.8 Å². The Morgan fingerprint density at radius 3 is 1.67 bits per heavy atom. The number of fused-ring (bicyclic) bond motifs is 4. The number of hydrogen-bond acceptors (Lipinski definition) is 1. The number of nitrogens with zero attached hydrogens (tertiary/aromatic N) is 1. The average molecular weight is 768 g/mol. The van der Waals surface area contributed by atoms with Crippen LogP contribution in [0.25, 0.3) is 44.2 Å². The first-order chi connectivity index (χ1) is 29.3. The predicted molar refractivity (Wildman–Crippen MR) is 251 cm³/mol. The van der Waals surface area contributed by atoms with Gasteiger partial charge in [-0.3, -0.25) is 0 Å². The molecule has 3 aliphatic rings. The smallest absolute Gasteiger partial charge is 0.0713 e. The SMILES string of the molecule is CC1(C)c2ccccc2-c2ccc(N(c3ccc(-c4cccc(C5(c6ccccc6)c6cccc7c6-c6c(cccc65)C7(C)C)c4)cc3)c3cccc4ccccc34)cc21. The molecule has 3 aliphatic carbocycles. The van der Waals surface area contributed by atoms with Gasteiger partial charge in [-0.2, -0.15) is 0 Å². The summed E-state index contributed by atoms with van der Waals surface area (Å²) in [7, 11) is 0. The summed E-state index contributed by atoms with van der Waals surface area (Å²) in [6.45, 7) is 9.50. The van der Waals surface area contributed by atoms with Gasteiger partial charge in [0.25, 0.3) is 0 Å². The average Bonchev–Trinajstić information content (AvgIpc) is 3.83. The van der Waals surface area contributed by atoms with Gasteiger partial charge in [0.2, 0.25) is 0 Å². The van der Waals surface area contributed by atoms with Crippen LogP contribution in [0, 0.1) is 0 Å². The van der Waals surface area contributed by atoms with Crippen LogP contribution in [0.5, 0.6) is 0 Å². The van der Waals surface area contributed by atoms with Crippen molar-refractivity contribution < 1.29 is 0 Å². The van der Waals surface area contributed by atoms with Crippen LogP contribution in [0.1, 0.15) is 72.2 Å². The maximum absolute atomic E-state index is 2.45. The Hall–Kier alpha value is -6.96. The molecule has 0 bridgehead atoms. The predicted octanol–water partition coefficient (Wildman–Crippen LogP) is 15.3. The number of anilines is 3. The van der Waals surface area contributed by atoms with Gasteiger partial charge in [-0.05, 0) is 120 Å². The number of hydrogen-bond donors (Lipinski definition) is 0. The Bertz CT molecular complexity index is 3140. The van der Waals surface area contributed by atoms with Crippen molar-refractivity contribution in [3.8, 4) is 33.4 Å². The van der Waals surface area contributed by atoms with Crippen molar-refractivity contribution >= 4 is 27.8 Å². The molecule has 286 valence electrons. The van der Waals surface area contributed by atoms with Gasteiger partial charge in [0.1, 0.15) is 0 Å². The number of rotatable bonds is 6. The summed E-state index contributed by atoms with van der Waals surface area (Å²) in [5.41, 5.74) is 21.8. The highest BCUT2D eigenvalue weighted by molar-refractivity contribution is 6.00. The van der Waals surface area contributed by atoms with Crippen LogP contribution >= 0.6 is 0 Å². The highest BCUT2D eigenvalue weighted by atomic mass is 15.1. The van der Waals surface area contributed by atoms with E-state index in [1.54, 1.807) is 0 Å². The summed E-state index contributed by atoms with van der Waals surface area (Å²) in [4.78, 5) is 2.45. The van der Waals surface area contributed by atoms with E-state index in [1.807, 2.05) is 0 Å². The molecule has 0 fully saturated rings. The molecule has 0 saturated heterocycles. The zero-order chi connectivity index (χ0) is 40.4. The Balaban J connectivity index is 1.00. The summed E-state index contributed by atoms with van der Waals surface area (Å²) in [5.74, 6) is 0. The molecule has 9 aromatic carbocycles. The third kappa shape index (κ3) is 4.64. The first-order valence-corrected chi connectivity index (χ1v) is 21.3. The van der Waals surface area contributed by atoms with Crippen LogP contribution in [0.3, 0.4) is 0 Å². The fourth-order valence-corrected chi connectivity index (χ4v) is 11.5. The van der Waals surface area contributed by atoms with E-state index in [9.17, 15) is 0 Å². The van der Waals surface area contributed by atoms with Gasteiger partial charge < -0.3 is 4.90 Å². The van der Waals surface area contributed by atoms with Crippen molar-refractivity contribution in [1.82, 2.24) is 0 Å². The summed E-state index contributed by atoms with van der Waals surface area (Å²) < 4.78 is 0. The van der Waals surface area contributed by atoms with E-state index in [0.717, 1.165) is 11.4 Å². The Morgan fingerprint density at radius 2 is 0.900 bits per heavy atom. The maximum Gasteiger partial charge on any atom is 0.0713 e. The zero-order valence-electron chi connectivity index (χ0n) is 34.5. The standard InChI is InChI=1S/C59H45N/c1-57(2)48-24-11-10-23-46(48)47-35-34-44(37-53(47)57)60(54-29-13-17-39-16-8-9-22-45(39)54)43-32-30-38(31-33-43)40-18-12-21-42(36-40)59(41-19-6-5-7-20-41)51-27-14-25-49-55(51)56-50(58(49,3)4)26-15-28-52(56)59/h5-37H,1-4H3. The molecule has 1 heteroatoms. The van der Waals surface area contributed by atoms with Crippen LogP contribution in [-0.2, 0) is 16.2 Å². The van der Waals surface area contributed by atoms with Crippen molar-refractivity contribution in [2.24, 2.45) is 0 Å². The molecule has 0 atom stereocenters. The summed E-state index contributed by atoms with van der Waals surface area (Å²) in [6, 6.07) is 75.2.